The van der Waals surface area contributed by atoms with Gasteiger partial charge in [-0.05, 0) is 13.0 Å². The van der Waals surface area contributed by atoms with Gasteiger partial charge in [0, 0.05) is 11.5 Å². The van der Waals surface area contributed by atoms with Crippen LogP contribution in [0.2, 0.25) is 0 Å². The minimum atomic E-state index is -0.936. The number of hydrogen-bond donors (Lipinski definition) is 2. The number of methoxy groups -OCH3 is 1. The van der Waals surface area contributed by atoms with Crippen molar-refractivity contribution in [1.29, 1.82) is 0 Å². The van der Waals surface area contributed by atoms with Crippen LogP contribution in [0.4, 0.5) is 5.82 Å². The van der Waals surface area contributed by atoms with Gasteiger partial charge < -0.3 is 20.2 Å². The summed E-state index contributed by atoms with van der Waals surface area (Å²) in [5.41, 5.74) is 6.57. The number of nitrogens with zero attached hydrogens (tertiary/aromatic N) is 2. The van der Waals surface area contributed by atoms with E-state index in [1.54, 1.807) is 31.2 Å². The molecule has 0 radical (unpaired) electrons. The van der Waals surface area contributed by atoms with Crippen LogP contribution in [-0.4, -0.2) is 35.5 Å². The number of nitrogens with one attached hydrogen (secondary N) is 1. The van der Waals surface area contributed by atoms with Gasteiger partial charge in [0.15, 0.2) is 5.82 Å². The van der Waals surface area contributed by atoms with Crippen molar-refractivity contribution in [2.75, 3.05) is 13.7 Å². The number of amidine groups is 1. The number of para-hydroxylation sites is 1. The Morgan fingerprint density at radius 2 is 2.12 bits per heavy atom. The second-order valence-electron chi connectivity index (χ2n) is 5.45. The first-order valence-electron chi connectivity index (χ1n) is 7.79. The normalized spacial score (nSPS) is 18.9. The summed E-state index contributed by atoms with van der Waals surface area (Å²) in [7, 11) is 1.52. The van der Waals surface area contributed by atoms with E-state index in [0.717, 1.165) is 0 Å². The summed E-state index contributed by atoms with van der Waals surface area (Å²) in [6, 6.07) is 7.14. The molecule has 2 aromatic rings. The van der Waals surface area contributed by atoms with Crippen LogP contribution < -0.4 is 16.0 Å². The fraction of sp³-hybridized carbons (Fsp3) is 0.294. The number of esters is 1. The number of hydrogen-bond acceptors (Lipinski definition) is 7. The van der Waals surface area contributed by atoms with Crippen LogP contribution in [0, 0.1) is 5.92 Å². The van der Waals surface area contributed by atoms with Gasteiger partial charge in [-0.1, -0.05) is 18.2 Å². The number of carbonyl (C=O) groups excluding carboxylic acids is 1. The SMILES string of the molecule is CCOC(=O)C1C(N)=Nc2nc[nH]c(=O)c2C1c1ccccc1OC. The van der Waals surface area contributed by atoms with E-state index in [4.69, 9.17) is 15.2 Å². The molecule has 3 N–H and O–H groups in total. The Balaban J connectivity index is 2.27. The maximum absolute atomic E-state index is 12.6. The molecule has 8 nitrogen and oxygen atoms in total. The van der Waals surface area contributed by atoms with Crippen molar-refractivity contribution in [3.05, 3.63) is 52.1 Å². The average molecular weight is 342 g/mol. The summed E-state index contributed by atoms with van der Waals surface area (Å²) in [6.07, 6.45) is 1.25. The van der Waals surface area contributed by atoms with Crippen molar-refractivity contribution in [1.82, 2.24) is 9.97 Å². The third-order valence-corrected chi connectivity index (χ3v) is 4.08. The maximum atomic E-state index is 12.6. The Labute approximate surface area is 143 Å². The fourth-order valence-corrected chi connectivity index (χ4v) is 3.05. The van der Waals surface area contributed by atoms with E-state index in [1.165, 1.54) is 13.4 Å². The fourth-order valence-electron chi connectivity index (χ4n) is 3.05. The monoisotopic (exact) mass is 342 g/mol. The van der Waals surface area contributed by atoms with Crippen molar-refractivity contribution >= 4 is 17.6 Å². The molecule has 0 saturated heterocycles. The van der Waals surface area contributed by atoms with Crippen LogP contribution >= 0.6 is 0 Å². The lowest BCUT2D eigenvalue weighted by atomic mass is 9.78. The molecular weight excluding hydrogens is 324 g/mol. The summed E-state index contributed by atoms with van der Waals surface area (Å²) in [4.78, 5) is 35.8. The first-order valence-corrected chi connectivity index (χ1v) is 7.79. The molecule has 0 bridgehead atoms. The Morgan fingerprint density at radius 3 is 2.84 bits per heavy atom. The lowest BCUT2D eigenvalue weighted by molar-refractivity contribution is -0.146. The molecular formula is C17H18N4O4. The zero-order valence-corrected chi connectivity index (χ0v) is 13.9. The number of ether oxygens (including phenoxy) is 2. The Hall–Kier alpha value is -3.16. The van der Waals surface area contributed by atoms with Crippen LogP contribution in [-0.2, 0) is 9.53 Å². The third kappa shape index (κ3) is 2.86. The highest BCUT2D eigenvalue weighted by atomic mass is 16.5. The minimum Gasteiger partial charge on any atom is -0.496 e. The van der Waals surface area contributed by atoms with Gasteiger partial charge in [-0.25, -0.2) is 9.98 Å². The Morgan fingerprint density at radius 1 is 1.36 bits per heavy atom. The molecule has 0 saturated carbocycles. The van der Waals surface area contributed by atoms with E-state index < -0.39 is 17.8 Å². The smallest absolute Gasteiger partial charge is 0.317 e. The lowest BCUT2D eigenvalue weighted by Gasteiger charge is -2.30. The molecule has 1 aliphatic heterocycles. The first kappa shape index (κ1) is 16.7. The van der Waals surface area contributed by atoms with E-state index in [1.807, 2.05) is 0 Å². The summed E-state index contributed by atoms with van der Waals surface area (Å²) in [5, 5.41) is 0. The van der Waals surface area contributed by atoms with Gasteiger partial charge in [-0.3, -0.25) is 9.59 Å². The summed E-state index contributed by atoms with van der Waals surface area (Å²) < 4.78 is 10.6. The molecule has 2 atom stereocenters. The van der Waals surface area contributed by atoms with Crippen LogP contribution in [0.3, 0.4) is 0 Å². The molecule has 130 valence electrons. The predicted octanol–water partition coefficient (Wildman–Crippen LogP) is 1.09. The molecule has 0 spiro atoms. The number of aromatic amines is 1. The van der Waals surface area contributed by atoms with Gasteiger partial charge in [0.05, 0.1) is 25.6 Å². The molecule has 2 heterocycles. The molecule has 3 rings (SSSR count). The van der Waals surface area contributed by atoms with Gasteiger partial charge >= 0.3 is 5.97 Å². The predicted molar refractivity (Wildman–Crippen MR) is 91.1 cm³/mol. The van der Waals surface area contributed by atoms with Crippen molar-refractivity contribution in [2.45, 2.75) is 12.8 Å². The Kier molecular flexibility index (Phi) is 4.51. The number of aromatic nitrogens is 2. The van der Waals surface area contributed by atoms with Crippen molar-refractivity contribution in [2.24, 2.45) is 16.6 Å². The number of carbonyl (C=O) groups is 1. The highest BCUT2D eigenvalue weighted by Gasteiger charge is 2.42. The molecule has 1 aromatic carbocycles. The second-order valence-corrected chi connectivity index (χ2v) is 5.45. The zero-order valence-electron chi connectivity index (χ0n) is 13.9. The van der Waals surface area contributed by atoms with Crippen molar-refractivity contribution in [3.8, 4) is 5.75 Å². The van der Waals surface area contributed by atoms with Crippen LogP contribution in [0.1, 0.15) is 24.0 Å². The third-order valence-electron chi connectivity index (χ3n) is 4.08. The van der Waals surface area contributed by atoms with E-state index in [0.29, 0.717) is 11.3 Å². The molecule has 1 aliphatic rings. The summed E-state index contributed by atoms with van der Waals surface area (Å²) in [5.74, 6) is -1.41. The summed E-state index contributed by atoms with van der Waals surface area (Å²) >= 11 is 0. The van der Waals surface area contributed by atoms with Gasteiger partial charge in [-0.2, -0.15) is 0 Å². The number of aliphatic imine (C=N–C) groups is 1. The molecule has 0 amide bonds. The van der Waals surface area contributed by atoms with E-state index >= 15 is 0 Å². The van der Waals surface area contributed by atoms with Gasteiger partial charge in [0.1, 0.15) is 17.5 Å². The van der Waals surface area contributed by atoms with Crippen LogP contribution in [0.15, 0.2) is 40.4 Å². The molecule has 1 aromatic heterocycles. The largest absolute Gasteiger partial charge is 0.496 e. The molecule has 2 unspecified atom stereocenters. The topological polar surface area (TPSA) is 120 Å². The van der Waals surface area contributed by atoms with E-state index in [-0.39, 0.29) is 29.4 Å². The number of rotatable bonds is 4. The van der Waals surface area contributed by atoms with Crippen LogP contribution in [0.25, 0.3) is 0 Å². The van der Waals surface area contributed by atoms with E-state index in [2.05, 4.69) is 15.0 Å². The quantitative estimate of drug-likeness (QED) is 0.803. The number of benzene rings is 1. The van der Waals surface area contributed by atoms with Crippen molar-refractivity contribution < 1.29 is 14.3 Å². The lowest BCUT2D eigenvalue weighted by Crippen LogP contribution is -2.41. The van der Waals surface area contributed by atoms with Gasteiger partial charge in [0.2, 0.25) is 0 Å². The van der Waals surface area contributed by atoms with Gasteiger partial charge in [-0.15, -0.1) is 0 Å². The molecule has 8 heteroatoms. The standard InChI is InChI=1S/C17H18N4O4/c1-3-25-17(23)12-11(9-6-4-5-7-10(9)24-2)13-15(21-14(12)18)19-8-20-16(13)22/h4-8,11-12H,3H2,1-2H3,(H3,18,19,20,21,22). The minimum absolute atomic E-state index is 0.0555. The summed E-state index contributed by atoms with van der Waals surface area (Å²) in [6.45, 7) is 1.89. The van der Waals surface area contributed by atoms with Gasteiger partial charge in [0.25, 0.3) is 5.56 Å². The number of fused-ring (bicyclic) bond motifs is 1. The molecule has 25 heavy (non-hydrogen) atoms. The second kappa shape index (κ2) is 6.76. The highest BCUT2D eigenvalue weighted by Crippen LogP contribution is 2.42. The maximum Gasteiger partial charge on any atom is 0.317 e. The number of nitrogens with two attached hydrogens (primary N) is 1. The van der Waals surface area contributed by atoms with Crippen molar-refractivity contribution in [3.63, 3.8) is 0 Å². The molecule has 0 fully saturated rings. The average Bonchev–Trinajstić information content (AvgIpc) is 2.60. The Bertz CT molecular complexity index is 890. The first-order chi connectivity index (χ1) is 12.1. The highest BCUT2D eigenvalue weighted by molar-refractivity contribution is 6.04. The van der Waals surface area contributed by atoms with E-state index in [9.17, 15) is 9.59 Å². The van der Waals surface area contributed by atoms with Crippen LogP contribution in [0.5, 0.6) is 5.75 Å². The zero-order chi connectivity index (χ0) is 18.0. The molecule has 0 aliphatic carbocycles. The number of H-pyrrole nitrogens is 1.